The molecule has 2 aromatic rings. The van der Waals surface area contributed by atoms with Crippen molar-refractivity contribution in [2.75, 3.05) is 13.1 Å². The number of aromatic nitrogens is 2. The molecule has 0 radical (unpaired) electrons. The molecule has 0 aliphatic heterocycles. The molecule has 6 nitrogen and oxygen atoms in total. The number of hydrogen-bond acceptors (Lipinski definition) is 3. The van der Waals surface area contributed by atoms with Crippen molar-refractivity contribution in [2.24, 2.45) is 7.05 Å². The van der Waals surface area contributed by atoms with E-state index in [9.17, 15) is 18.7 Å². The van der Waals surface area contributed by atoms with Crippen LogP contribution in [0.25, 0.3) is 0 Å². The molecular weight excluding hydrogens is 306 g/mol. The van der Waals surface area contributed by atoms with Gasteiger partial charge >= 0.3 is 6.03 Å². The van der Waals surface area contributed by atoms with Crippen molar-refractivity contribution in [2.45, 2.75) is 12.5 Å². The highest BCUT2D eigenvalue weighted by Gasteiger charge is 2.11. The quantitative estimate of drug-likeness (QED) is 0.749. The summed E-state index contributed by atoms with van der Waals surface area (Å²) in [7, 11) is 1.73. The molecule has 2 amide bonds. The topological polar surface area (TPSA) is 79.2 Å². The van der Waals surface area contributed by atoms with Crippen LogP contribution in [0.4, 0.5) is 13.6 Å². The predicted octanol–water partition coefficient (Wildman–Crippen LogP) is 1.27. The number of carbonyl (C=O) groups excluding carboxylic acids is 1. The molecule has 124 valence electrons. The maximum atomic E-state index is 13.4. The Morgan fingerprint density at radius 3 is 2.83 bits per heavy atom. The third kappa shape index (κ3) is 5.03. The average molecular weight is 324 g/mol. The Morgan fingerprint density at radius 1 is 1.39 bits per heavy atom. The first-order valence-corrected chi connectivity index (χ1v) is 7.08. The summed E-state index contributed by atoms with van der Waals surface area (Å²) >= 11 is 0. The number of carbonyl (C=O) groups is 1. The van der Waals surface area contributed by atoms with Crippen LogP contribution in [-0.4, -0.2) is 34.0 Å². The standard InChI is InChI=1S/C15H18F2N4O2/c1-21-9-11(7-20-21)14(22)8-19-15(23)18-5-4-10-2-3-12(16)6-13(10)17/h2-3,6-7,9,14,22H,4-5,8H2,1H3,(H2,18,19,23)/t14-/m0/s1. The van der Waals surface area contributed by atoms with Gasteiger partial charge in [-0.3, -0.25) is 4.68 Å². The van der Waals surface area contributed by atoms with Gasteiger partial charge in [-0.1, -0.05) is 6.07 Å². The van der Waals surface area contributed by atoms with Crippen LogP contribution >= 0.6 is 0 Å². The van der Waals surface area contributed by atoms with Crippen LogP contribution in [0, 0.1) is 11.6 Å². The summed E-state index contributed by atoms with van der Waals surface area (Å²) in [5.41, 5.74) is 0.920. The first kappa shape index (κ1) is 16.9. The Morgan fingerprint density at radius 2 is 2.17 bits per heavy atom. The van der Waals surface area contributed by atoms with Crippen molar-refractivity contribution >= 4 is 6.03 Å². The lowest BCUT2D eigenvalue weighted by Gasteiger charge is -2.11. The van der Waals surface area contributed by atoms with Crippen molar-refractivity contribution in [1.29, 1.82) is 0 Å². The van der Waals surface area contributed by atoms with E-state index in [1.807, 2.05) is 0 Å². The normalized spacial score (nSPS) is 12.0. The number of amides is 2. The molecule has 2 rings (SSSR count). The molecule has 0 bridgehead atoms. The molecule has 0 unspecified atom stereocenters. The number of aryl methyl sites for hydroxylation is 1. The van der Waals surface area contributed by atoms with Gasteiger partial charge in [-0.2, -0.15) is 5.10 Å². The number of benzene rings is 1. The molecule has 0 aliphatic carbocycles. The van der Waals surface area contributed by atoms with Gasteiger partial charge in [0.15, 0.2) is 0 Å². The van der Waals surface area contributed by atoms with E-state index in [-0.39, 0.29) is 19.5 Å². The number of rotatable bonds is 6. The number of aliphatic hydroxyl groups excluding tert-OH is 1. The van der Waals surface area contributed by atoms with E-state index < -0.39 is 23.8 Å². The Bertz CT molecular complexity index is 675. The number of hydrogen-bond donors (Lipinski definition) is 3. The maximum absolute atomic E-state index is 13.4. The van der Waals surface area contributed by atoms with Crippen molar-refractivity contribution in [3.05, 3.63) is 53.4 Å². The summed E-state index contributed by atoms with van der Waals surface area (Å²) in [6.45, 7) is 0.222. The number of nitrogens with one attached hydrogen (secondary N) is 2. The van der Waals surface area contributed by atoms with Crippen molar-refractivity contribution in [3.8, 4) is 0 Å². The van der Waals surface area contributed by atoms with E-state index in [1.54, 1.807) is 17.9 Å². The fourth-order valence-corrected chi connectivity index (χ4v) is 2.02. The van der Waals surface area contributed by atoms with E-state index >= 15 is 0 Å². The van der Waals surface area contributed by atoms with Crippen molar-refractivity contribution < 1.29 is 18.7 Å². The monoisotopic (exact) mass is 324 g/mol. The molecule has 0 aliphatic rings. The van der Waals surface area contributed by atoms with Gasteiger partial charge < -0.3 is 15.7 Å². The molecule has 0 spiro atoms. The predicted molar refractivity (Wildman–Crippen MR) is 79.6 cm³/mol. The Labute approximate surface area is 132 Å². The molecule has 0 fully saturated rings. The highest BCUT2D eigenvalue weighted by Crippen LogP contribution is 2.10. The van der Waals surface area contributed by atoms with Crippen LogP contribution < -0.4 is 10.6 Å². The average Bonchev–Trinajstić information content (AvgIpc) is 2.93. The lowest BCUT2D eigenvalue weighted by molar-refractivity contribution is 0.173. The molecule has 1 aromatic carbocycles. The van der Waals surface area contributed by atoms with Crippen LogP contribution in [0.3, 0.4) is 0 Å². The van der Waals surface area contributed by atoms with E-state index in [0.29, 0.717) is 11.1 Å². The lowest BCUT2D eigenvalue weighted by Crippen LogP contribution is -2.38. The zero-order chi connectivity index (χ0) is 16.8. The minimum Gasteiger partial charge on any atom is -0.386 e. The van der Waals surface area contributed by atoms with Gasteiger partial charge in [0.05, 0.1) is 12.3 Å². The molecule has 8 heteroatoms. The first-order valence-electron chi connectivity index (χ1n) is 7.08. The number of halogens is 2. The fraction of sp³-hybridized carbons (Fsp3) is 0.333. The molecule has 0 saturated heterocycles. The van der Waals surface area contributed by atoms with Gasteiger partial charge in [0.1, 0.15) is 11.6 Å². The second-order valence-corrected chi connectivity index (χ2v) is 5.09. The van der Waals surface area contributed by atoms with Crippen LogP contribution in [0.5, 0.6) is 0 Å². The summed E-state index contributed by atoms with van der Waals surface area (Å²) in [4.78, 5) is 11.6. The third-order valence-electron chi connectivity index (χ3n) is 3.26. The van der Waals surface area contributed by atoms with Crippen LogP contribution in [0.15, 0.2) is 30.6 Å². The molecular formula is C15H18F2N4O2. The van der Waals surface area contributed by atoms with Gasteiger partial charge in [-0.15, -0.1) is 0 Å². The summed E-state index contributed by atoms with van der Waals surface area (Å²) in [6.07, 6.45) is 2.55. The summed E-state index contributed by atoms with van der Waals surface area (Å²) in [6, 6.07) is 2.84. The molecule has 1 aromatic heterocycles. The van der Waals surface area contributed by atoms with Gasteiger partial charge in [0, 0.05) is 38.0 Å². The van der Waals surface area contributed by atoms with E-state index in [4.69, 9.17) is 0 Å². The smallest absolute Gasteiger partial charge is 0.314 e. The number of urea groups is 1. The summed E-state index contributed by atoms with van der Waals surface area (Å²) in [5, 5.41) is 18.8. The second kappa shape index (κ2) is 7.68. The Hall–Kier alpha value is -2.48. The third-order valence-corrected chi connectivity index (χ3v) is 3.26. The number of nitrogens with zero attached hydrogens (tertiary/aromatic N) is 2. The molecule has 23 heavy (non-hydrogen) atoms. The SMILES string of the molecule is Cn1cc([C@@H](O)CNC(=O)NCCc2ccc(F)cc2F)cn1. The molecule has 0 saturated carbocycles. The van der Waals surface area contributed by atoms with E-state index in [2.05, 4.69) is 15.7 Å². The highest BCUT2D eigenvalue weighted by molar-refractivity contribution is 5.73. The maximum Gasteiger partial charge on any atom is 0.314 e. The minimum absolute atomic E-state index is 0.0302. The molecule has 3 N–H and O–H groups in total. The van der Waals surface area contributed by atoms with Gasteiger partial charge in [-0.25, -0.2) is 13.6 Å². The van der Waals surface area contributed by atoms with Gasteiger partial charge in [0.2, 0.25) is 0 Å². The minimum atomic E-state index is -0.857. The summed E-state index contributed by atoms with van der Waals surface area (Å²) < 4.78 is 27.7. The van der Waals surface area contributed by atoms with Crippen LogP contribution in [0.2, 0.25) is 0 Å². The second-order valence-electron chi connectivity index (χ2n) is 5.09. The van der Waals surface area contributed by atoms with Gasteiger partial charge in [-0.05, 0) is 18.1 Å². The molecule has 1 heterocycles. The van der Waals surface area contributed by atoms with E-state index in [0.717, 1.165) is 6.07 Å². The van der Waals surface area contributed by atoms with Crippen molar-refractivity contribution in [3.63, 3.8) is 0 Å². The van der Waals surface area contributed by atoms with Crippen LogP contribution in [-0.2, 0) is 13.5 Å². The Kier molecular flexibility index (Phi) is 5.64. The highest BCUT2D eigenvalue weighted by atomic mass is 19.1. The largest absolute Gasteiger partial charge is 0.386 e. The van der Waals surface area contributed by atoms with Crippen molar-refractivity contribution in [1.82, 2.24) is 20.4 Å². The zero-order valence-electron chi connectivity index (χ0n) is 12.6. The van der Waals surface area contributed by atoms with Gasteiger partial charge in [0.25, 0.3) is 0 Å². The fourth-order valence-electron chi connectivity index (χ4n) is 2.02. The Balaban J connectivity index is 1.71. The van der Waals surface area contributed by atoms with Crippen LogP contribution in [0.1, 0.15) is 17.2 Å². The molecule has 1 atom stereocenters. The lowest BCUT2D eigenvalue weighted by atomic mass is 10.1. The summed E-state index contributed by atoms with van der Waals surface area (Å²) in [5.74, 6) is -1.28. The first-order chi connectivity index (χ1) is 11.0. The number of aliphatic hydroxyl groups is 1. The zero-order valence-corrected chi connectivity index (χ0v) is 12.6. The van der Waals surface area contributed by atoms with E-state index in [1.165, 1.54) is 18.3 Å².